The van der Waals surface area contributed by atoms with Gasteiger partial charge in [-0.2, -0.15) is 0 Å². The molecule has 118 valence electrons. The number of nitrogens with one attached hydrogen (secondary N) is 2. The molecule has 3 nitrogen and oxygen atoms in total. The highest BCUT2D eigenvalue weighted by Crippen LogP contribution is 2.19. The van der Waals surface area contributed by atoms with Crippen LogP contribution in [0.4, 0.5) is 0 Å². The van der Waals surface area contributed by atoms with Crippen molar-refractivity contribution in [2.75, 3.05) is 13.1 Å². The number of benzene rings is 1. The summed E-state index contributed by atoms with van der Waals surface area (Å²) < 4.78 is 0. The van der Waals surface area contributed by atoms with E-state index in [-0.39, 0.29) is 30.3 Å². The SMILES string of the molecule is CC(C)c1ccc(C(C)NC(=O)C2CCCNC2)cc1.Cl. The molecule has 0 aromatic heterocycles. The predicted molar refractivity (Wildman–Crippen MR) is 89.9 cm³/mol. The lowest BCUT2D eigenvalue weighted by Gasteiger charge is -2.24. The van der Waals surface area contributed by atoms with Crippen molar-refractivity contribution in [1.29, 1.82) is 0 Å². The van der Waals surface area contributed by atoms with Gasteiger partial charge < -0.3 is 10.6 Å². The molecule has 2 N–H and O–H groups in total. The minimum Gasteiger partial charge on any atom is -0.349 e. The number of rotatable bonds is 4. The average Bonchev–Trinajstić information content (AvgIpc) is 2.48. The number of piperidine rings is 1. The molecule has 1 saturated heterocycles. The summed E-state index contributed by atoms with van der Waals surface area (Å²) in [6.07, 6.45) is 2.09. The van der Waals surface area contributed by atoms with E-state index in [1.807, 2.05) is 0 Å². The van der Waals surface area contributed by atoms with E-state index in [2.05, 4.69) is 55.7 Å². The Kier molecular flexibility index (Phi) is 7.20. The molecule has 0 spiro atoms. The molecule has 0 bridgehead atoms. The number of carbonyl (C=O) groups excluding carboxylic acids is 1. The van der Waals surface area contributed by atoms with Gasteiger partial charge in [0.05, 0.1) is 12.0 Å². The van der Waals surface area contributed by atoms with Crippen LogP contribution in [0.2, 0.25) is 0 Å². The van der Waals surface area contributed by atoms with Gasteiger partial charge in [0.25, 0.3) is 0 Å². The first-order valence-electron chi connectivity index (χ1n) is 7.69. The third-order valence-electron chi connectivity index (χ3n) is 4.13. The molecule has 0 radical (unpaired) electrons. The molecule has 0 aliphatic carbocycles. The van der Waals surface area contributed by atoms with Crippen LogP contribution in [0.5, 0.6) is 0 Å². The third-order valence-corrected chi connectivity index (χ3v) is 4.13. The Morgan fingerprint density at radius 1 is 1.19 bits per heavy atom. The van der Waals surface area contributed by atoms with Gasteiger partial charge in [0.15, 0.2) is 0 Å². The maximum Gasteiger partial charge on any atom is 0.224 e. The molecule has 0 saturated carbocycles. The fraction of sp³-hybridized carbons (Fsp3) is 0.588. The van der Waals surface area contributed by atoms with E-state index >= 15 is 0 Å². The van der Waals surface area contributed by atoms with Gasteiger partial charge in [0, 0.05) is 6.54 Å². The van der Waals surface area contributed by atoms with Crippen LogP contribution in [0.3, 0.4) is 0 Å². The highest BCUT2D eigenvalue weighted by Gasteiger charge is 2.22. The highest BCUT2D eigenvalue weighted by molar-refractivity contribution is 5.85. The number of hydrogen-bond acceptors (Lipinski definition) is 2. The summed E-state index contributed by atoms with van der Waals surface area (Å²) in [6, 6.07) is 8.64. The van der Waals surface area contributed by atoms with Crippen molar-refractivity contribution in [2.45, 2.75) is 45.6 Å². The molecule has 1 aliphatic rings. The predicted octanol–water partition coefficient (Wildman–Crippen LogP) is 3.41. The van der Waals surface area contributed by atoms with E-state index in [0.717, 1.165) is 25.9 Å². The van der Waals surface area contributed by atoms with Crippen molar-refractivity contribution in [3.05, 3.63) is 35.4 Å². The maximum absolute atomic E-state index is 12.2. The van der Waals surface area contributed by atoms with E-state index in [1.165, 1.54) is 11.1 Å². The van der Waals surface area contributed by atoms with Gasteiger partial charge >= 0.3 is 0 Å². The Bertz CT molecular complexity index is 439. The molecule has 2 unspecified atom stereocenters. The summed E-state index contributed by atoms with van der Waals surface area (Å²) in [4.78, 5) is 12.2. The van der Waals surface area contributed by atoms with Gasteiger partial charge in [0.1, 0.15) is 0 Å². The third kappa shape index (κ3) is 5.01. The van der Waals surface area contributed by atoms with Crippen LogP contribution in [0, 0.1) is 5.92 Å². The number of amides is 1. The average molecular weight is 311 g/mol. The second-order valence-electron chi connectivity index (χ2n) is 6.09. The van der Waals surface area contributed by atoms with E-state index in [0.29, 0.717) is 5.92 Å². The zero-order valence-corrected chi connectivity index (χ0v) is 14.0. The summed E-state index contributed by atoms with van der Waals surface area (Å²) in [5.41, 5.74) is 2.51. The first-order valence-corrected chi connectivity index (χ1v) is 7.69. The van der Waals surface area contributed by atoms with Gasteiger partial charge in [-0.05, 0) is 43.4 Å². The maximum atomic E-state index is 12.2. The zero-order valence-electron chi connectivity index (χ0n) is 13.2. The quantitative estimate of drug-likeness (QED) is 0.895. The molecule has 4 heteroatoms. The number of hydrogen-bond donors (Lipinski definition) is 2. The zero-order chi connectivity index (χ0) is 14.5. The van der Waals surface area contributed by atoms with Crippen molar-refractivity contribution in [2.24, 2.45) is 5.92 Å². The fourth-order valence-electron chi connectivity index (χ4n) is 2.66. The summed E-state index contributed by atoms with van der Waals surface area (Å²) in [5.74, 6) is 0.848. The molecule has 1 aromatic rings. The van der Waals surface area contributed by atoms with Crippen LogP contribution in [-0.4, -0.2) is 19.0 Å². The summed E-state index contributed by atoms with van der Waals surface area (Å²) in [7, 11) is 0. The van der Waals surface area contributed by atoms with Crippen LogP contribution in [0.1, 0.15) is 56.7 Å². The molecule has 1 aromatic carbocycles. The van der Waals surface area contributed by atoms with Crippen LogP contribution in [-0.2, 0) is 4.79 Å². The van der Waals surface area contributed by atoms with Crippen LogP contribution in [0.25, 0.3) is 0 Å². The topological polar surface area (TPSA) is 41.1 Å². The molecule has 1 amide bonds. The van der Waals surface area contributed by atoms with Gasteiger partial charge in [-0.1, -0.05) is 38.1 Å². The molecule has 2 rings (SSSR count). The van der Waals surface area contributed by atoms with Crippen molar-refractivity contribution in [1.82, 2.24) is 10.6 Å². The van der Waals surface area contributed by atoms with E-state index < -0.39 is 0 Å². The first-order chi connectivity index (χ1) is 9.58. The Morgan fingerprint density at radius 2 is 1.81 bits per heavy atom. The number of carbonyl (C=O) groups is 1. The number of halogens is 1. The lowest BCUT2D eigenvalue weighted by atomic mass is 9.97. The summed E-state index contributed by atoms with van der Waals surface area (Å²) in [5, 5.41) is 6.42. The minimum atomic E-state index is 0. The molecule has 1 aliphatic heterocycles. The van der Waals surface area contributed by atoms with Crippen molar-refractivity contribution in [3.8, 4) is 0 Å². The summed E-state index contributed by atoms with van der Waals surface area (Å²) in [6.45, 7) is 8.28. The molecular formula is C17H27ClN2O. The van der Waals surface area contributed by atoms with Crippen molar-refractivity contribution < 1.29 is 4.79 Å². The van der Waals surface area contributed by atoms with Crippen molar-refractivity contribution in [3.63, 3.8) is 0 Å². The molecular weight excluding hydrogens is 284 g/mol. The monoisotopic (exact) mass is 310 g/mol. The van der Waals surface area contributed by atoms with Crippen LogP contribution < -0.4 is 10.6 Å². The highest BCUT2D eigenvalue weighted by atomic mass is 35.5. The van der Waals surface area contributed by atoms with E-state index in [1.54, 1.807) is 0 Å². The molecule has 2 atom stereocenters. The normalized spacial score (nSPS) is 19.7. The van der Waals surface area contributed by atoms with E-state index in [9.17, 15) is 4.79 Å². The second-order valence-corrected chi connectivity index (χ2v) is 6.09. The minimum absolute atomic E-state index is 0. The first kappa shape index (κ1) is 18.0. The fourth-order valence-corrected chi connectivity index (χ4v) is 2.66. The lowest BCUT2D eigenvalue weighted by molar-refractivity contribution is -0.126. The molecule has 1 heterocycles. The van der Waals surface area contributed by atoms with Gasteiger partial charge in [-0.25, -0.2) is 0 Å². The van der Waals surface area contributed by atoms with E-state index in [4.69, 9.17) is 0 Å². The standard InChI is InChI=1S/C17H26N2O.ClH/c1-12(2)14-6-8-15(9-7-14)13(3)19-17(20)16-5-4-10-18-11-16;/h6-9,12-13,16,18H,4-5,10-11H2,1-3H3,(H,19,20);1H. The molecule has 21 heavy (non-hydrogen) atoms. The Hall–Kier alpha value is -1.06. The van der Waals surface area contributed by atoms with Crippen molar-refractivity contribution >= 4 is 18.3 Å². The largest absolute Gasteiger partial charge is 0.349 e. The Morgan fingerprint density at radius 3 is 2.33 bits per heavy atom. The summed E-state index contributed by atoms with van der Waals surface area (Å²) >= 11 is 0. The van der Waals surface area contributed by atoms with Crippen LogP contribution >= 0.6 is 12.4 Å². The van der Waals surface area contributed by atoms with Crippen LogP contribution in [0.15, 0.2) is 24.3 Å². The van der Waals surface area contributed by atoms with Gasteiger partial charge in [-0.15, -0.1) is 12.4 Å². The molecule has 1 fully saturated rings. The smallest absolute Gasteiger partial charge is 0.224 e. The second kappa shape index (κ2) is 8.40. The Labute approximate surface area is 134 Å². The van der Waals surface area contributed by atoms with Gasteiger partial charge in [-0.3, -0.25) is 4.79 Å². The Balaban J connectivity index is 0.00000220. The van der Waals surface area contributed by atoms with Gasteiger partial charge in [0.2, 0.25) is 5.91 Å². The lowest BCUT2D eigenvalue weighted by Crippen LogP contribution is -2.41.